The molecular formula is C23H24N2O7. The number of hydrogen-bond acceptors (Lipinski definition) is 7. The lowest BCUT2D eigenvalue weighted by Crippen LogP contribution is -2.58. The normalized spacial score (nSPS) is 27.0. The van der Waals surface area contributed by atoms with Crippen LogP contribution in [0.15, 0.2) is 42.5 Å². The second-order valence-electron chi connectivity index (χ2n) is 8.02. The summed E-state index contributed by atoms with van der Waals surface area (Å²) in [6.07, 6.45) is 0.786. The van der Waals surface area contributed by atoms with Crippen LogP contribution in [0.3, 0.4) is 0 Å². The molecule has 2 aromatic rings. The molecule has 2 aromatic carbocycles. The van der Waals surface area contributed by atoms with Gasteiger partial charge in [-0.25, -0.2) is 4.90 Å². The van der Waals surface area contributed by atoms with Crippen molar-refractivity contribution in [1.82, 2.24) is 5.32 Å². The predicted molar refractivity (Wildman–Crippen MR) is 113 cm³/mol. The Kier molecular flexibility index (Phi) is 5.39. The van der Waals surface area contributed by atoms with E-state index in [4.69, 9.17) is 4.74 Å². The Bertz CT molecular complexity index is 1080. The Labute approximate surface area is 184 Å². The van der Waals surface area contributed by atoms with E-state index in [0.717, 1.165) is 16.9 Å². The van der Waals surface area contributed by atoms with Gasteiger partial charge in [0.15, 0.2) is 17.0 Å². The number of phenolic OH excluding ortho intramolecular Hbond substituents is 1. The number of carboxylic acid groups (broad SMARTS) is 1. The number of rotatable bonds is 6. The lowest BCUT2D eigenvalue weighted by molar-refractivity contribution is -0.150. The maximum absolute atomic E-state index is 13.5. The van der Waals surface area contributed by atoms with Crippen LogP contribution in [0.25, 0.3) is 0 Å². The fourth-order valence-electron chi connectivity index (χ4n) is 4.72. The SMILES string of the molecule is CCc1ccc(N2C(=O)C3C(c4ccc(O)c(OC)c4)NC(CO)(C(=O)O)C3C2=O)cc1. The molecule has 2 aliphatic heterocycles. The third-order valence-corrected chi connectivity index (χ3v) is 6.45. The largest absolute Gasteiger partial charge is 0.504 e. The Morgan fingerprint density at radius 1 is 1.16 bits per heavy atom. The van der Waals surface area contributed by atoms with Crippen LogP contribution in [0.2, 0.25) is 0 Å². The third-order valence-electron chi connectivity index (χ3n) is 6.45. The number of amides is 2. The Morgan fingerprint density at radius 3 is 2.41 bits per heavy atom. The van der Waals surface area contributed by atoms with E-state index in [-0.39, 0.29) is 11.5 Å². The lowest BCUT2D eigenvalue weighted by Gasteiger charge is -2.29. The van der Waals surface area contributed by atoms with Crippen molar-refractivity contribution in [2.75, 3.05) is 18.6 Å². The molecule has 0 radical (unpaired) electrons. The number of carbonyl (C=O) groups is 3. The fraction of sp³-hybridized carbons (Fsp3) is 0.348. The van der Waals surface area contributed by atoms with Gasteiger partial charge in [0.25, 0.3) is 0 Å². The molecule has 9 heteroatoms. The van der Waals surface area contributed by atoms with Gasteiger partial charge in [-0.3, -0.25) is 19.7 Å². The summed E-state index contributed by atoms with van der Waals surface area (Å²) in [4.78, 5) is 40.2. The van der Waals surface area contributed by atoms with Crippen LogP contribution in [0, 0.1) is 11.8 Å². The summed E-state index contributed by atoms with van der Waals surface area (Å²) in [5.41, 5.74) is -0.203. The third kappa shape index (κ3) is 3.04. The highest BCUT2D eigenvalue weighted by Gasteiger charge is 2.68. The first-order valence-corrected chi connectivity index (χ1v) is 10.2. The van der Waals surface area contributed by atoms with Crippen molar-refractivity contribution in [2.24, 2.45) is 11.8 Å². The summed E-state index contributed by atoms with van der Waals surface area (Å²) in [6.45, 7) is 1.10. The molecule has 4 rings (SSSR count). The molecule has 2 saturated heterocycles. The highest BCUT2D eigenvalue weighted by molar-refractivity contribution is 6.24. The van der Waals surface area contributed by atoms with Gasteiger partial charge in [-0.1, -0.05) is 25.1 Å². The quantitative estimate of drug-likeness (QED) is 0.493. The molecule has 9 nitrogen and oxygen atoms in total. The number of anilines is 1. The maximum atomic E-state index is 13.5. The second kappa shape index (κ2) is 7.92. The van der Waals surface area contributed by atoms with Crippen LogP contribution in [0.1, 0.15) is 24.1 Å². The summed E-state index contributed by atoms with van der Waals surface area (Å²) in [5.74, 6) is -5.01. The average molecular weight is 440 g/mol. The molecule has 4 N–H and O–H groups in total. The second-order valence-corrected chi connectivity index (χ2v) is 8.02. The van der Waals surface area contributed by atoms with Gasteiger partial charge in [0.2, 0.25) is 11.8 Å². The molecule has 0 aromatic heterocycles. The molecule has 2 aliphatic rings. The maximum Gasteiger partial charge on any atom is 0.327 e. The fourth-order valence-corrected chi connectivity index (χ4v) is 4.72. The summed E-state index contributed by atoms with van der Waals surface area (Å²) < 4.78 is 5.14. The first-order valence-electron chi connectivity index (χ1n) is 10.2. The summed E-state index contributed by atoms with van der Waals surface area (Å²) in [6, 6.07) is 10.4. The van der Waals surface area contributed by atoms with Crippen LogP contribution in [-0.2, 0) is 20.8 Å². The molecular weight excluding hydrogens is 416 g/mol. The molecule has 0 aliphatic carbocycles. The average Bonchev–Trinajstić information content (AvgIpc) is 3.28. The number of ether oxygens (including phenoxy) is 1. The van der Waals surface area contributed by atoms with Crippen molar-refractivity contribution in [1.29, 1.82) is 0 Å². The predicted octanol–water partition coefficient (Wildman–Crippen LogP) is 1.23. The van der Waals surface area contributed by atoms with Crippen molar-refractivity contribution in [3.8, 4) is 11.5 Å². The number of aliphatic hydroxyl groups is 1. The molecule has 2 heterocycles. The number of carbonyl (C=O) groups excluding carboxylic acids is 2. The van der Waals surface area contributed by atoms with Gasteiger partial charge in [0, 0.05) is 6.04 Å². The van der Waals surface area contributed by atoms with E-state index in [0.29, 0.717) is 11.3 Å². The molecule has 4 unspecified atom stereocenters. The zero-order chi connectivity index (χ0) is 23.2. The summed E-state index contributed by atoms with van der Waals surface area (Å²) in [5, 5.41) is 32.8. The number of phenols is 1. The van der Waals surface area contributed by atoms with Crippen LogP contribution in [0.5, 0.6) is 11.5 Å². The minimum atomic E-state index is -2.04. The van der Waals surface area contributed by atoms with E-state index in [1.807, 2.05) is 6.92 Å². The van der Waals surface area contributed by atoms with Crippen molar-refractivity contribution >= 4 is 23.5 Å². The van der Waals surface area contributed by atoms with Crippen molar-refractivity contribution < 1.29 is 34.4 Å². The number of carboxylic acids is 1. The van der Waals surface area contributed by atoms with Crippen molar-refractivity contribution in [2.45, 2.75) is 24.9 Å². The molecule has 0 spiro atoms. The number of fused-ring (bicyclic) bond motifs is 1. The van der Waals surface area contributed by atoms with Gasteiger partial charge in [-0.15, -0.1) is 0 Å². The topological polar surface area (TPSA) is 136 Å². The number of imide groups is 1. The first-order chi connectivity index (χ1) is 15.3. The number of aliphatic hydroxyl groups excluding tert-OH is 1. The number of benzene rings is 2. The number of aryl methyl sites for hydroxylation is 1. The number of nitrogens with one attached hydrogen (secondary N) is 1. The summed E-state index contributed by atoms with van der Waals surface area (Å²) in [7, 11) is 1.37. The van der Waals surface area contributed by atoms with Crippen molar-refractivity contribution in [3.63, 3.8) is 0 Å². The number of methoxy groups -OCH3 is 1. The van der Waals surface area contributed by atoms with Crippen LogP contribution >= 0.6 is 0 Å². The molecule has 2 fully saturated rings. The van der Waals surface area contributed by atoms with E-state index in [1.165, 1.54) is 25.3 Å². The number of nitrogens with zero attached hydrogens (tertiary/aromatic N) is 1. The van der Waals surface area contributed by atoms with E-state index in [2.05, 4.69) is 5.32 Å². The van der Waals surface area contributed by atoms with Crippen molar-refractivity contribution in [3.05, 3.63) is 53.6 Å². The monoisotopic (exact) mass is 440 g/mol. The molecule has 4 atom stereocenters. The molecule has 32 heavy (non-hydrogen) atoms. The first kappa shape index (κ1) is 21.8. The minimum Gasteiger partial charge on any atom is -0.504 e. The number of aromatic hydroxyl groups is 1. The van der Waals surface area contributed by atoms with Gasteiger partial charge in [-0.05, 0) is 41.8 Å². The standard InChI is InChI=1S/C23H24N2O7/c1-3-12-4-7-14(8-5-12)25-20(28)17-18(21(25)29)23(11-26,22(30)31)24-19(17)13-6-9-15(27)16(10-13)32-2/h4-10,17-19,24,26-27H,3,11H2,1-2H3,(H,30,31). The van der Waals surface area contributed by atoms with Crippen LogP contribution in [-0.4, -0.2) is 52.4 Å². The van der Waals surface area contributed by atoms with E-state index in [1.54, 1.807) is 24.3 Å². The lowest BCUT2D eigenvalue weighted by atomic mass is 9.79. The smallest absolute Gasteiger partial charge is 0.327 e. The van der Waals surface area contributed by atoms with E-state index < -0.39 is 47.8 Å². The van der Waals surface area contributed by atoms with E-state index in [9.17, 15) is 29.7 Å². The van der Waals surface area contributed by atoms with Gasteiger partial charge in [0.1, 0.15) is 0 Å². The highest BCUT2D eigenvalue weighted by atomic mass is 16.5. The molecule has 0 bridgehead atoms. The van der Waals surface area contributed by atoms with Gasteiger partial charge in [-0.2, -0.15) is 0 Å². The number of hydrogen-bond donors (Lipinski definition) is 4. The van der Waals surface area contributed by atoms with Crippen LogP contribution in [0.4, 0.5) is 5.69 Å². The Hall–Kier alpha value is -3.43. The molecule has 168 valence electrons. The Morgan fingerprint density at radius 2 is 1.84 bits per heavy atom. The minimum absolute atomic E-state index is 0.121. The zero-order valence-corrected chi connectivity index (χ0v) is 17.6. The van der Waals surface area contributed by atoms with Gasteiger partial charge < -0.3 is 20.1 Å². The van der Waals surface area contributed by atoms with E-state index >= 15 is 0 Å². The highest BCUT2D eigenvalue weighted by Crippen LogP contribution is 2.50. The zero-order valence-electron chi connectivity index (χ0n) is 17.6. The Balaban J connectivity index is 1.83. The van der Waals surface area contributed by atoms with Gasteiger partial charge in [0.05, 0.1) is 31.2 Å². The molecule has 2 amide bonds. The summed E-state index contributed by atoms with van der Waals surface area (Å²) >= 11 is 0. The van der Waals surface area contributed by atoms with Crippen LogP contribution < -0.4 is 15.0 Å². The van der Waals surface area contributed by atoms with Gasteiger partial charge >= 0.3 is 5.97 Å². The number of aliphatic carboxylic acids is 1. The molecule has 0 saturated carbocycles.